The van der Waals surface area contributed by atoms with Crippen molar-refractivity contribution in [2.45, 2.75) is 24.9 Å². The third kappa shape index (κ3) is 3.11. The molecule has 2 unspecified atom stereocenters. The molecule has 1 aromatic carbocycles. The average molecular weight is 276 g/mol. The van der Waals surface area contributed by atoms with Gasteiger partial charge in [-0.15, -0.1) is 0 Å². The van der Waals surface area contributed by atoms with Crippen molar-refractivity contribution < 1.29 is 14.3 Å². The highest BCUT2D eigenvalue weighted by Gasteiger charge is 2.24. The van der Waals surface area contributed by atoms with Crippen LogP contribution in [0.5, 0.6) is 5.75 Å². The number of nitrogens with one attached hydrogen (secondary N) is 2. The van der Waals surface area contributed by atoms with Gasteiger partial charge in [0.2, 0.25) is 5.91 Å². The third-order valence-corrected chi connectivity index (χ3v) is 3.72. The molecule has 20 heavy (non-hydrogen) atoms. The zero-order valence-corrected chi connectivity index (χ0v) is 11.4. The number of morpholine rings is 1. The molecule has 3 rings (SSSR count). The number of carbonyl (C=O) groups excluding carboxylic acids is 1. The van der Waals surface area contributed by atoms with Crippen LogP contribution in [-0.2, 0) is 9.53 Å². The SMILES string of the molecule is O=C(CC1COCCN1)NC1CCOc2ccccc21. The predicted octanol–water partition coefficient (Wildman–Crippen LogP) is 1.00. The van der Waals surface area contributed by atoms with E-state index in [9.17, 15) is 4.79 Å². The first-order valence-corrected chi connectivity index (χ1v) is 7.15. The second kappa shape index (κ2) is 6.24. The lowest BCUT2D eigenvalue weighted by molar-refractivity contribution is -0.123. The summed E-state index contributed by atoms with van der Waals surface area (Å²) >= 11 is 0. The Balaban J connectivity index is 1.59. The molecule has 0 radical (unpaired) electrons. The molecule has 2 atom stereocenters. The maximum atomic E-state index is 12.1. The minimum atomic E-state index is 0.0527. The summed E-state index contributed by atoms with van der Waals surface area (Å²) in [5, 5.41) is 6.40. The zero-order chi connectivity index (χ0) is 13.8. The molecule has 5 nitrogen and oxygen atoms in total. The Kier molecular flexibility index (Phi) is 4.18. The molecule has 2 aliphatic heterocycles. The Morgan fingerprint density at radius 1 is 1.35 bits per heavy atom. The lowest BCUT2D eigenvalue weighted by Crippen LogP contribution is -2.45. The van der Waals surface area contributed by atoms with Gasteiger partial charge in [0.1, 0.15) is 5.75 Å². The fourth-order valence-electron chi connectivity index (χ4n) is 2.72. The fourth-order valence-corrected chi connectivity index (χ4v) is 2.72. The predicted molar refractivity (Wildman–Crippen MR) is 74.7 cm³/mol. The van der Waals surface area contributed by atoms with Crippen LogP contribution >= 0.6 is 0 Å². The highest BCUT2D eigenvalue weighted by Crippen LogP contribution is 2.31. The molecule has 2 N–H and O–H groups in total. The molecule has 2 heterocycles. The fraction of sp³-hybridized carbons (Fsp3) is 0.533. The number of benzene rings is 1. The zero-order valence-electron chi connectivity index (χ0n) is 11.4. The van der Waals surface area contributed by atoms with Crippen LogP contribution in [0.15, 0.2) is 24.3 Å². The summed E-state index contributed by atoms with van der Waals surface area (Å²) < 4.78 is 11.0. The maximum absolute atomic E-state index is 12.1. The molecule has 0 aliphatic carbocycles. The molecule has 0 aromatic heterocycles. The van der Waals surface area contributed by atoms with Gasteiger partial charge in [-0.3, -0.25) is 4.79 Å². The van der Waals surface area contributed by atoms with Crippen molar-refractivity contribution in [3.63, 3.8) is 0 Å². The molecule has 0 spiro atoms. The number of rotatable bonds is 3. The molecule has 2 aliphatic rings. The second-order valence-electron chi connectivity index (χ2n) is 5.23. The van der Waals surface area contributed by atoms with E-state index < -0.39 is 0 Å². The number of hydrogen-bond donors (Lipinski definition) is 2. The number of carbonyl (C=O) groups is 1. The van der Waals surface area contributed by atoms with E-state index in [0.717, 1.165) is 30.9 Å². The van der Waals surface area contributed by atoms with E-state index >= 15 is 0 Å². The number of amides is 1. The molecule has 1 amide bonds. The van der Waals surface area contributed by atoms with Crippen LogP contribution in [-0.4, -0.2) is 38.3 Å². The van der Waals surface area contributed by atoms with E-state index in [-0.39, 0.29) is 18.0 Å². The topological polar surface area (TPSA) is 59.6 Å². The standard InChI is InChI=1S/C15H20N2O3/c18-15(9-11-10-19-8-6-16-11)17-13-5-7-20-14-4-2-1-3-12(13)14/h1-4,11,13,16H,5-10H2,(H,17,18). The van der Waals surface area contributed by atoms with Crippen molar-refractivity contribution >= 4 is 5.91 Å². The van der Waals surface area contributed by atoms with Crippen molar-refractivity contribution in [1.82, 2.24) is 10.6 Å². The number of ether oxygens (including phenoxy) is 2. The summed E-state index contributed by atoms with van der Waals surface area (Å²) in [6.45, 7) is 2.80. The normalized spacial score (nSPS) is 25.4. The van der Waals surface area contributed by atoms with E-state index in [0.29, 0.717) is 19.6 Å². The Labute approximate surface area is 118 Å². The molecule has 1 fully saturated rings. The van der Waals surface area contributed by atoms with Gasteiger partial charge in [-0.05, 0) is 6.07 Å². The van der Waals surface area contributed by atoms with Gasteiger partial charge in [-0.25, -0.2) is 0 Å². The number of para-hydroxylation sites is 1. The Hall–Kier alpha value is -1.59. The van der Waals surface area contributed by atoms with Crippen molar-refractivity contribution in [3.05, 3.63) is 29.8 Å². The van der Waals surface area contributed by atoms with E-state index in [1.807, 2.05) is 24.3 Å². The first-order valence-electron chi connectivity index (χ1n) is 7.15. The lowest BCUT2D eigenvalue weighted by Gasteiger charge is -2.28. The minimum absolute atomic E-state index is 0.0527. The van der Waals surface area contributed by atoms with Crippen LogP contribution in [0.3, 0.4) is 0 Å². The van der Waals surface area contributed by atoms with Crippen molar-refractivity contribution in [3.8, 4) is 5.75 Å². The van der Waals surface area contributed by atoms with Crippen LogP contribution in [0.1, 0.15) is 24.4 Å². The molecule has 0 bridgehead atoms. The minimum Gasteiger partial charge on any atom is -0.493 e. The molecular formula is C15H20N2O3. The van der Waals surface area contributed by atoms with Crippen molar-refractivity contribution in [2.24, 2.45) is 0 Å². The van der Waals surface area contributed by atoms with Gasteiger partial charge in [0.05, 0.1) is 25.9 Å². The Morgan fingerprint density at radius 2 is 2.25 bits per heavy atom. The molecule has 1 aromatic rings. The molecule has 108 valence electrons. The van der Waals surface area contributed by atoms with E-state index in [1.165, 1.54) is 0 Å². The first kappa shape index (κ1) is 13.4. The van der Waals surface area contributed by atoms with E-state index in [1.54, 1.807) is 0 Å². The smallest absolute Gasteiger partial charge is 0.222 e. The summed E-state index contributed by atoms with van der Waals surface area (Å²) in [7, 11) is 0. The van der Waals surface area contributed by atoms with Gasteiger partial charge in [-0.1, -0.05) is 18.2 Å². The van der Waals surface area contributed by atoms with Gasteiger partial charge in [0.15, 0.2) is 0 Å². The summed E-state index contributed by atoms with van der Waals surface area (Å²) in [5.74, 6) is 0.942. The van der Waals surface area contributed by atoms with Gasteiger partial charge < -0.3 is 20.1 Å². The first-order chi connectivity index (χ1) is 9.83. The quantitative estimate of drug-likeness (QED) is 0.865. The summed E-state index contributed by atoms with van der Waals surface area (Å²) in [4.78, 5) is 12.1. The maximum Gasteiger partial charge on any atom is 0.222 e. The monoisotopic (exact) mass is 276 g/mol. The van der Waals surface area contributed by atoms with Crippen LogP contribution in [0.4, 0.5) is 0 Å². The van der Waals surface area contributed by atoms with Gasteiger partial charge >= 0.3 is 0 Å². The van der Waals surface area contributed by atoms with Crippen LogP contribution < -0.4 is 15.4 Å². The van der Waals surface area contributed by atoms with Crippen LogP contribution in [0, 0.1) is 0 Å². The van der Waals surface area contributed by atoms with Crippen LogP contribution in [0.2, 0.25) is 0 Å². The van der Waals surface area contributed by atoms with Crippen molar-refractivity contribution in [1.29, 1.82) is 0 Å². The Morgan fingerprint density at radius 3 is 3.10 bits per heavy atom. The summed E-state index contributed by atoms with van der Waals surface area (Å²) in [6, 6.07) is 8.07. The largest absolute Gasteiger partial charge is 0.493 e. The van der Waals surface area contributed by atoms with Crippen LogP contribution in [0.25, 0.3) is 0 Å². The number of hydrogen-bond acceptors (Lipinski definition) is 4. The van der Waals surface area contributed by atoms with Crippen molar-refractivity contribution in [2.75, 3.05) is 26.4 Å². The molecule has 0 saturated carbocycles. The van der Waals surface area contributed by atoms with E-state index in [2.05, 4.69) is 10.6 Å². The summed E-state index contributed by atoms with van der Waals surface area (Å²) in [6.07, 6.45) is 1.27. The van der Waals surface area contributed by atoms with Gasteiger partial charge in [0, 0.05) is 31.0 Å². The number of fused-ring (bicyclic) bond motifs is 1. The highest BCUT2D eigenvalue weighted by molar-refractivity contribution is 5.77. The second-order valence-corrected chi connectivity index (χ2v) is 5.23. The average Bonchev–Trinajstić information content (AvgIpc) is 2.48. The molecule has 1 saturated heterocycles. The van der Waals surface area contributed by atoms with E-state index in [4.69, 9.17) is 9.47 Å². The molecular weight excluding hydrogens is 256 g/mol. The lowest BCUT2D eigenvalue weighted by atomic mass is 10.00. The highest BCUT2D eigenvalue weighted by atomic mass is 16.5. The van der Waals surface area contributed by atoms with Gasteiger partial charge in [-0.2, -0.15) is 0 Å². The third-order valence-electron chi connectivity index (χ3n) is 3.72. The Bertz CT molecular complexity index is 472. The van der Waals surface area contributed by atoms with Gasteiger partial charge in [0.25, 0.3) is 0 Å². The summed E-state index contributed by atoms with van der Waals surface area (Å²) in [5.41, 5.74) is 1.07. The molecule has 5 heteroatoms.